The molecule has 0 aromatic heterocycles. The van der Waals surface area contributed by atoms with Crippen LogP contribution in [0.5, 0.6) is 0 Å². The first-order valence-corrected chi connectivity index (χ1v) is 8.16. The monoisotopic (exact) mass is 363 g/mol. The Kier molecular flexibility index (Phi) is 6.47. The van der Waals surface area contributed by atoms with E-state index in [0.717, 1.165) is 11.0 Å². The molecule has 2 rings (SSSR count). The molecular formula is C16H14FN3O4S. The highest BCUT2D eigenvalue weighted by molar-refractivity contribution is 7.99. The number of halogens is 1. The summed E-state index contributed by atoms with van der Waals surface area (Å²) >= 11 is 1.38. The Hall–Kier alpha value is -2.94. The molecule has 0 aliphatic carbocycles. The van der Waals surface area contributed by atoms with Gasteiger partial charge < -0.3 is 0 Å². The average molecular weight is 363 g/mol. The van der Waals surface area contributed by atoms with E-state index in [1.165, 1.54) is 42.1 Å². The Morgan fingerprint density at radius 1 is 1.12 bits per heavy atom. The van der Waals surface area contributed by atoms with Crippen LogP contribution in [0.3, 0.4) is 0 Å². The van der Waals surface area contributed by atoms with Gasteiger partial charge in [0, 0.05) is 34.8 Å². The van der Waals surface area contributed by atoms with Gasteiger partial charge in [-0.1, -0.05) is 6.07 Å². The molecule has 0 heterocycles. The minimum Gasteiger partial charge on any atom is -0.273 e. The summed E-state index contributed by atoms with van der Waals surface area (Å²) in [6.07, 6.45) is 0.136. The molecule has 2 aromatic rings. The van der Waals surface area contributed by atoms with Crippen LogP contribution in [0.15, 0.2) is 53.4 Å². The van der Waals surface area contributed by atoms with Crippen LogP contribution in [0, 0.1) is 15.9 Å². The third kappa shape index (κ3) is 5.88. The van der Waals surface area contributed by atoms with E-state index in [1.54, 1.807) is 12.1 Å². The zero-order valence-electron chi connectivity index (χ0n) is 12.9. The molecule has 9 heteroatoms. The maximum Gasteiger partial charge on any atom is 0.270 e. The smallest absolute Gasteiger partial charge is 0.270 e. The first-order chi connectivity index (χ1) is 12.0. The fourth-order valence-corrected chi connectivity index (χ4v) is 2.67. The van der Waals surface area contributed by atoms with Crippen LogP contribution in [-0.2, 0) is 4.79 Å². The second-order valence-electron chi connectivity index (χ2n) is 4.86. The van der Waals surface area contributed by atoms with Crippen LogP contribution in [-0.4, -0.2) is 22.5 Å². The largest absolute Gasteiger partial charge is 0.273 e. The molecule has 130 valence electrons. The lowest BCUT2D eigenvalue weighted by molar-refractivity contribution is -0.384. The SMILES string of the molecule is O=C(CCSc1ccc(F)cc1)NNC(=O)c1cccc([N+](=O)[O-])c1. The van der Waals surface area contributed by atoms with E-state index in [1.807, 2.05) is 0 Å². The predicted octanol–water partition coefficient (Wildman–Crippen LogP) is 2.68. The quantitative estimate of drug-likeness (QED) is 0.467. The van der Waals surface area contributed by atoms with Crippen LogP contribution in [0.2, 0.25) is 0 Å². The van der Waals surface area contributed by atoms with Gasteiger partial charge >= 0.3 is 0 Å². The third-order valence-corrected chi connectivity index (χ3v) is 4.06. The zero-order valence-corrected chi connectivity index (χ0v) is 13.7. The lowest BCUT2D eigenvalue weighted by Crippen LogP contribution is -2.41. The number of carbonyl (C=O) groups excluding carboxylic acids is 2. The second kappa shape index (κ2) is 8.78. The first-order valence-electron chi connectivity index (χ1n) is 7.18. The fraction of sp³-hybridized carbons (Fsp3) is 0.125. The summed E-state index contributed by atoms with van der Waals surface area (Å²) in [5.74, 6) is -0.938. The molecule has 0 aliphatic rings. The van der Waals surface area contributed by atoms with Crippen LogP contribution < -0.4 is 10.9 Å². The molecule has 0 atom stereocenters. The van der Waals surface area contributed by atoms with Gasteiger partial charge in [-0.25, -0.2) is 4.39 Å². The Labute approximate surface area is 146 Å². The Morgan fingerprint density at radius 2 is 1.84 bits per heavy atom. The van der Waals surface area contributed by atoms with Gasteiger partial charge in [0.05, 0.1) is 4.92 Å². The van der Waals surface area contributed by atoms with Gasteiger partial charge in [-0.05, 0) is 30.3 Å². The topological polar surface area (TPSA) is 101 Å². The number of nitro benzene ring substituents is 1. The van der Waals surface area contributed by atoms with Gasteiger partial charge in [0.2, 0.25) is 5.91 Å². The number of thioether (sulfide) groups is 1. The fourth-order valence-electron chi connectivity index (χ4n) is 1.81. The van der Waals surface area contributed by atoms with Crippen molar-refractivity contribution in [1.29, 1.82) is 0 Å². The number of amides is 2. The van der Waals surface area contributed by atoms with Gasteiger partial charge in [-0.3, -0.25) is 30.6 Å². The highest BCUT2D eigenvalue weighted by atomic mass is 32.2. The highest BCUT2D eigenvalue weighted by Gasteiger charge is 2.12. The number of nitrogens with zero attached hydrogens (tertiary/aromatic N) is 1. The van der Waals surface area contributed by atoms with Crippen LogP contribution >= 0.6 is 11.8 Å². The van der Waals surface area contributed by atoms with E-state index in [9.17, 15) is 24.1 Å². The summed E-state index contributed by atoms with van der Waals surface area (Å²) in [6.45, 7) is 0. The number of nitrogens with one attached hydrogen (secondary N) is 2. The zero-order chi connectivity index (χ0) is 18.2. The third-order valence-electron chi connectivity index (χ3n) is 3.05. The molecule has 0 fully saturated rings. The minimum atomic E-state index is -0.650. The number of hydrazine groups is 1. The number of carbonyl (C=O) groups is 2. The molecule has 0 saturated heterocycles. The number of nitro groups is 1. The lowest BCUT2D eigenvalue weighted by atomic mass is 10.2. The molecule has 0 aliphatic heterocycles. The van der Waals surface area contributed by atoms with Crippen molar-refractivity contribution >= 4 is 29.3 Å². The summed E-state index contributed by atoms with van der Waals surface area (Å²) < 4.78 is 12.8. The number of rotatable bonds is 6. The molecule has 0 unspecified atom stereocenters. The molecule has 0 spiro atoms. The molecule has 0 radical (unpaired) electrons. The van der Waals surface area contributed by atoms with Crippen LogP contribution in [0.1, 0.15) is 16.8 Å². The van der Waals surface area contributed by atoms with Crippen LogP contribution in [0.25, 0.3) is 0 Å². The first kappa shape index (κ1) is 18.4. The molecule has 0 saturated carbocycles. The van der Waals surface area contributed by atoms with Crippen molar-refractivity contribution in [3.8, 4) is 0 Å². The van der Waals surface area contributed by atoms with Crippen molar-refractivity contribution < 1.29 is 18.9 Å². The number of hydrogen-bond acceptors (Lipinski definition) is 5. The average Bonchev–Trinajstić information content (AvgIpc) is 2.61. The van der Waals surface area contributed by atoms with Crippen molar-refractivity contribution in [3.63, 3.8) is 0 Å². The molecule has 2 N–H and O–H groups in total. The summed E-state index contributed by atoms with van der Waals surface area (Å²) in [6, 6.07) is 11.1. The van der Waals surface area contributed by atoms with Gasteiger partial charge in [-0.2, -0.15) is 0 Å². The normalized spacial score (nSPS) is 10.1. The van der Waals surface area contributed by atoms with Crippen LogP contribution in [0.4, 0.5) is 10.1 Å². The van der Waals surface area contributed by atoms with Crippen molar-refractivity contribution in [2.75, 3.05) is 5.75 Å². The standard InChI is InChI=1S/C16H14FN3O4S/c17-12-4-6-14(7-5-12)25-9-8-15(21)18-19-16(22)11-2-1-3-13(10-11)20(23)24/h1-7,10H,8-9H2,(H,18,21)(H,19,22). The van der Waals surface area contributed by atoms with Gasteiger partial charge in [0.15, 0.2) is 0 Å². The lowest BCUT2D eigenvalue weighted by Gasteiger charge is -2.07. The summed E-state index contributed by atoms with van der Waals surface area (Å²) in [7, 11) is 0. The Morgan fingerprint density at radius 3 is 2.52 bits per heavy atom. The summed E-state index contributed by atoms with van der Waals surface area (Å²) in [5, 5.41) is 10.7. The van der Waals surface area contributed by atoms with E-state index in [2.05, 4.69) is 10.9 Å². The van der Waals surface area contributed by atoms with Crippen molar-refractivity contribution in [2.45, 2.75) is 11.3 Å². The summed E-state index contributed by atoms with van der Waals surface area (Å²) in [5.41, 5.74) is 4.30. The molecule has 2 amide bonds. The van der Waals surface area contributed by atoms with Gasteiger partial charge in [0.25, 0.3) is 11.6 Å². The maximum absolute atomic E-state index is 12.8. The van der Waals surface area contributed by atoms with E-state index in [4.69, 9.17) is 0 Å². The second-order valence-corrected chi connectivity index (χ2v) is 6.03. The molecule has 7 nitrogen and oxygen atoms in total. The van der Waals surface area contributed by atoms with E-state index < -0.39 is 16.7 Å². The Bertz CT molecular complexity index is 783. The van der Waals surface area contributed by atoms with E-state index in [-0.39, 0.29) is 23.5 Å². The maximum atomic E-state index is 12.8. The van der Waals surface area contributed by atoms with E-state index in [0.29, 0.717) is 5.75 Å². The summed E-state index contributed by atoms with van der Waals surface area (Å²) in [4.78, 5) is 34.4. The minimum absolute atomic E-state index is 0.0650. The predicted molar refractivity (Wildman–Crippen MR) is 90.4 cm³/mol. The van der Waals surface area contributed by atoms with E-state index >= 15 is 0 Å². The Balaban J connectivity index is 1.75. The van der Waals surface area contributed by atoms with Gasteiger partial charge in [-0.15, -0.1) is 11.8 Å². The number of hydrogen-bond donors (Lipinski definition) is 2. The molecule has 2 aromatic carbocycles. The molecule has 0 bridgehead atoms. The van der Waals surface area contributed by atoms with Crippen molar-refractivity contribution in [2.24, 2.45) is 0 Å². The highest BCUT2D eigenvalue weighted by Crippen LogP contribution is 2.18. The number of non-ortho nitro benzene ring substituents is 1. The van der Waals surface area contributed by atoms with Gasteiger partial charge in [0.1, 0.15) is 5.82 Å². The van der Waals surface area contributed by atoms with Crippen molar-refractivity contribution in [1.82, 2.24) is 10.9 Å². The molecular weight excluding hydrogens is 349 g/mol. The molecule has 25 heavy (non-hydrogen) atoms. The number of benzene rings is 2. The van der Waals surface area contributed by atoms with Crippen molar-refractivity contribution in [3.05, 3.63) is 70.0 Å².